The molecule has 5 heteroatoms. The highest BCUT2D eigenvalue weighted by Gasteiger charge is 2.39. The van der Waals surface area contributed by atoms with Crippen molar-refractivity contribution in [2.24, 2.45) is 0 Å². The Hall–Kier alpha value is -3.73. The summed E-state index contributed by atoms with van der Waals surface area (Å²) in [5, 5.41) is 3.19. The van der Waals surface area contributed by atoms with Crippen LogP contribution in [0.4, 0.5) is 10.1 Å². The van der Waals surface area contributed by atoms with Gasteiger partial charge in [0.05, 0.1) is 12.1 Å². The fraction of sp³-hybridized carbons (Fsp3) is 0.185. The Bertz CT molecular complexity index is 1210. The first-order valence-corrected chi connectivity index (χ1v) is 10.7. The molecule has 1 heterocycles. The van der Waals surface area contributed by atoms with Crippen LogP contribution in [0.5, 0.6) is 0 Å². The molecule has 0 spiro atoms. The largest absolute Gasteiger partial charge is 0.350 e. The minimum atomic E-state index is -0.396. The van der Waals surface area contributed by atoms with E-state index < -0.39 is 5.91 Å². The van der Waals surface area contributed by atoms with Gasteiger partial charge in [0.2, 0.25) is 0 Å². The lowest BCUT2D eigenvalue weighted by atomic mass is 9.99. The second-order valence-electron chi connectivity index (χ2n) is 8.05. The third-order valence-electron chi connectivity index (χ3n) is 5.85. The van der Waals surface area contributed by atoms with Gasteiger partial charge in [-0.05, 0) is 72.4 Å². The van der Waals surface area contributed by atoms with Gasteiger partial charge in [0.1, 0.15) is 11.5 Å². The number of carbonyl (C=O) groups excluding carboxylic acids is 2. The van der Waals surface area contributed by atoms with Crippen LogP contribution in [0.1, 0.15) is 34.7 Å². The van der Waals surface area contributed by atoms with Crippen LogP contribution in [0.3, 0.4) is 0 Å². The number of rotatable bonds is 6. The Kier molecular flexibility index (Phi) is 5.91. The van der Waals surface area contributed by atoms with Crippen LogP contribution in [0.2, 0.25) is 0 Å². The van der Waals surface area contributed by atoms with Crippen molar-refractivity contribution in [1.82, 2.24) is 4.90 Å². The summed E-state index contributed by atoms with van der Waals surface area (Å²) in [5.41, 5.74) is 6.05. The molecule has 0 unspecified atom stereocenters. The van der Waals surface area contributed by atoms with Crippen molar-refractivity contribution in [3.05, 3.63) is 106 Å². The van der Waals surface area contributed by atoms with Crippen molar-refractivity contribution in [3.63, 3.8) is 0 Å². The summed E-state index contributed by atoms with van der Waals surface area (Å²) in [6, 6.07) is 19.4. The van der Waals surface area contributed by atoms with Gasteiger partial charge >= 0.3 is 0 Å². The van der Waals surface area contributed by atoms with E-state index in [-0.39, 0.29) is 24.0 Å². The average molecular weight is 429 g/mol. The Morgan fingerprint density at radius 3 is 2.09 bits per heavy atom. The lowest BCUT2D eigenvalue weighted by molar-refractivity contribution is -0.137. The summed E-state index contributed by atoms with van der Waals surface area (Å²) in [4.78, 5) is 28.0. The van der Waals surface area contributed by atoms with E-state index in [0.717, 1.165) is 23.2 Å². The minimum Gasteiger partial charge on any atom is -0.350 e. The zero-order valence-corrected chi connectivity index (χ0v) is 18.4. The normalized spacial score (nSPS) is 13.8. The second-order valence-corrected chi connectivity index (χ2v) is 8.05. The van der Waals surface area contributed by atoms with Crippen LogP contribution < -0.4 is 5.32 Å². The number of halogens is 1. The molecule has 3 aromatic rings. The Morgan fingerprint density at radius 2 is 1.47 bits per heavy atom. The summed E-state index contributed by atoms with van der Waals surface area (Å²) >= 11 is 0. The summed E-state index contributed by atoms with van der Waals surface area (Å²) in [7, 11) is 0. The summed E-state index contributed by atoms with van der Waals surface area (Å²) in [6.45, 7) is 6.14. The van der Waals surface area contributed by atoms with E-state index in [1.165, 1.54) is 22.6 Å². The first-order valence-electron chi connectivity index (χ1n) is 10.7. The molecule has 0 saturated heterocycles. The highest BCUT2D eigenvalue weighted by molar-refractivity contribution is 6.36. The van der Waals surface area contributed by atoms with E-state index in [1.807, 2.05) is 56.3 Å². The summed E-state index contributed by atoms with van der Waals surface area (Å²) in [6.07, 6.45) is 0.916. The highest BCUT2D eigenvalue weighted by atomic mass is 19.1. The zero-order chi connectivity index (χ0) is 22.8. The lowest BCUT2D eigenvalue weighted by Gasteiger charge is -2.15. The van der Waals surface area contributed by atoms with Crippen LogP contribution >= 0.6 is 0 Å². The smallest absolute Gasteiger partial charge is 0.278 e. The maximum atomic E-state index is 13.4. The van der Waals surface area contributed by atoms with Crippen LogP contribution in [0.25, 0.3) is 5.57 Å². The first-order chi connectivity index (χ1) is 15.4. The van der Waals surface area contributed by atoms with E-state index in [9.17, 15) is 14.0 Å². The maximum Gasteiger partial charge on any atom is 0.278 e. The molecule has 1 aliphatic rings. The van der Waals surface area contributed by atoms with Gasteiger partial charge in [-0.2, -0.15) is 0 Å². The van der Waals surface area contributed by atoms with Gasteiger partial charge in [-0.1, -0.05) is 49.4 Å². The van der Waals surface area contributed by atoms with Gasteiger partial charge in [0.15, 0.2) is 0 Å². The fourth-order valence-electron chi connectivity index (χ4n) is 3.74. The van der Waals surface area contributed by atoms with Crippen LogP contribution in [-0.4, -0.2) is 16.7 Å². The van der Waals surface area contributed by atoms with Crippen molar-refractivity contribution in [1.29, 1.82) is 0 Å². The number of nitrogens with one attached hydrogen (secondary N) is 1. The topological polar surface area (TPSA) is 49.4 Å². The van der Waals surface area contributed by atoms with Crippen LogP contribution in [0, 0.1) is 19.7 Å². The van der Waals surface area contributed by atoms with E-state index in [1.54, 1.807) is 12.1 Å². The van der Waals surface area contributed by atoms with Gasteiger partial charge < -0.3 is 5.32 Å². The monoisotopic (exact) mass is 428 g/mol. The van der Waals surface area contributed by atoms with E-state index >= 15 is 0 Å². The molecule has 0 bridgehead atoms. The number of imide groups is 1. The molecule has 4 nitrogen and oxygen atoms in total. The molecule has 0 radical (unpaired) electrons. The number of carbonyl (C=O) groups is 2. The van der Waals surface area contributed by atoms with Crippen molar-refractivity contribution in [2.75, 3.05) is 5.32 Å². The molecule has 1 N–H and O–H groups in total. The minimum absolute atomic E-state index is 0.0756. The molecule has 0 aliphatic carbocycles. The van der Waals surface area contributed by atoms with Crippen LogP contribution in [-0.2, 0) is 22.6 Å². The number of amides is 2. The van der Waals surface area contributed by atoms with Crippen molar-refractivity contribution in [3.8, 4) is 0 Å². The lowest BCUT2D eigenvalue weighted by Crippen LogP contribution is -2.32. The molecule has 0 atom stereocenters. The zero-order valence-electron chi connectivity index (χ0n) is 18.4. The molecule has 1 aliphatic heterocycles. The van der Waals surface area contributed by atoms with Crippen LogP contribution in [0.15, 0.2) is 72.4 Å². The third kappa shape index (κ3) is 4.19. The average Bonchev–Trinajstić information content (AvgIpc) is 3.02. The highest BCUT2D eigenvalue weighted by Crippen LogP contribution is 2.32. The van der Waals surface area contributed by atoms with E-state index in [4.69, 9.17) is 0 Å². The summed E-state index contributed by atoms with van der Waals surface area (Å²) < 4.78 is 13.3. The Morgan fingerprint density at radius 1 is 0.812 bits per heavy atom. The van der Waals surface area contributed by atoms with E-state index in [0.29, 0.717) is 16.7 Å². The summed E-state index contributed by atoms with van der Waals surface area (Å²) in [5.74, 6) is -1.12. The van der Waals surface area contributed by atoms with E-state index in [2.05, 4.69) is 12.2 Å². The SMILES string of the molecule is CCc1ccc(NC2=C(c3ccc(C)c(C)c3)C(=O)N(Cc3ccc(F)cc3)C2=O)cc1. The van der Waals surface area contributed by atoms with Crippen molar-refractivity contribution < 1.29 is 14.0 Å². The number of aryl methyl sites for hydroxylation is 3. The fourth-order valence-corrected chi connectivity index (χ4v) is 3.74. The molecule has 32 heavy (non-hydrogen) atoms. The number of hydrogen-bond acceptors (Lipinski definition) is 3. The molecule has 4 rings (SSSR count). The van der Waals surface area contributed by atoms with Gasteiger partial charge in [-0.15, -0.1) is 0 Å². The predicted molar refractivity (Wildman–Crippen MR) is 124 cm³/mol. The quantitative estimate of drug-likeness (QED) is 0.535. The van der Waals surface area contributed by atoms with Gasteiger partial charge in [-0.25, -0.2) is 4.39 Å². The Labute approximate surface area is 187 Å². The first kappa shape index (κ1) is 21.5. The predicted octanol–water partition coefficient (Wildman–Crippen LogP) is 5.40. The molecule has 3 aromatic carbocycles. The molecule has 0 saturated carbocycles. The number of nitrogens with zero attached hydrogens (tertiary/aromatic N) is 1. The standard InChI is InChI=1S/C27H25FN2O2/c1-4-19-8-13-23(14-9-19)29-25-24(21-10-5-17(2)18(3)15-21)26(31)30(27(25)32)16-20-6-11-22(28)12-7-20/h5-15,29H,4,16H2,1-3H3. The third-order valence-corrected chi connectivity index (χ3v) is 5.85. The second kappa shape index (κ2) is 8.79. The van der Waals surface area contributed by atoms with Gasteiger partial charge in [0, 0.05) is 5.69 Å². The molecule has 162 valence electrons. The number of anilines is 1. The van der Waals surface area contributed by atoms with Gasteiger partial charge in [0.25, 0.3) is 11.8 Å². The maximum absolute atomic E-state index is 13.4. The van der Waals surface area contributed by atoms with Crippen molar-refractivity contribution in [2.45, 2.75) is 33.7 Å². The Balaban J connectivity index is 1.73. The molecule has 2 amide bonds. The van der Waals surface area contributed by atoms with Crippen molar-refractivity contribution >= 4 is 23.1 Å². The molecular formula is C27H25FN2O2. The molecule has 0 aromatic heterocycles. The molecule has 0 fully saturated rings. The van der Waals surface area contributed by atoms with Gasteiger partial charge in [-0.3, -0.25) is 14.5 Å². The molecular weight excluding hydrogens is 403 g/mol. The number of hydrogen-bond donors (Lipinski definition) is 1. The number of benzene rings is 3.